The highest BCUT2D eigenvalue weighted by atomic mass is 35.5. The van der Waals surface area contributed by atoms with E-state index in [9.17, 15) is 28.4 Å². The van der Waals surface area contributed by atoms with Crippen LogP contribution in [0.2, 0.25) is 5.02 Å². The first-order chi connectivity index (χ1) is 20.1. The predicted molar refractivity (Wildman–Crippen MR) is 150 cm³/mol. The number of carbonyl (C=O) groups excluding carboxylic acids is 5. The molecule has 0 unspecified atom stereocenters. The number of carbonyl (C=O) groups is 5. The smallest absolute Gasteiger partial charge is 0.337 e. The van der Waals surface area contributed by atoms with Crippen molar-refractivity contribution in [1.29, 1.82) is 0 Å². The predicted octanol–water partition coefficient (Wildman–Crippen LogP) is 4.35. The Morgan fingerprint density at radius 1 is 1.02 bits per heavy atom. The summed E-state index contributed by atoms with van der Waals surface area (Å²) in [5.41, 5.74) is 0.564. The van der Waals surface area contributed by atoms with Crippen LogP contribution in [0.1, 0.15) is 22.8 Å². The van der Waals surface area contributed by atoms with Crippen LogP contribution in [0.4, 0.5) is 20.6 Å². The Hall–Kier alpha value is -5.23. The van der Waals surface area contributed by atoms with Crippen molar-refractivity contribution in [2.24, 2.45) is 0 Å². The quantitative estimate of drug-likeness (QED) is 0.211. The second-order valence-corrected chi connectivity index (χ2v) is 9.01. The average Bonchev–Trinajstić information content (AvgIpc) is 2.96. The van der Waals surface area contributed by atoms with Crippen molar-refractivity contribution in [3.63, 3.8) is 0 Å². The fourth-order valence-corrected chi connectivity index (χ4v) is 4.14. The molecule has 13 heteroatoms. The maximum absolute atomic E-state index is 13.3. The molecule has 0 radical (unpaired) electrons. The third kappa shape index (κ3) is 6.73. The molecule has 3 aromatic rings. The van der Waals surface area contributed by atoms with E-state index >= 15 is 0 Å². The van der Waals surface area contributed by atoms with E-state index in [4.69, 9.17) is 21.1 Å². The minimum atomic E-state index is -0.969. The van der Waals surface area contributed by atoms with Crippen LogP contribution in [0, 0.1) is 5.82 Å². The summed E-state index contributed by atoms with van der Waals surface area (Å²) in [7, 11) is 1.22. The lowest BCUT2D eigenvalue weighted by Gasteiger charge is -2.26. The Balaban J connectivity index is 1.57. The lowest BCUT2D eigenvalue weighted by Crippen LogP contribution is -2.54. The van der Waals surface area contributed by atoms with Gasteiger partial charge in [0.05, 0.1) is 30.0 Å². The largest absolute Gasteiger partial charge is 0.490 e. The van der Waals surface area contributed by atoms with Gasteiger partial charge in [-0.25, -0.2) is 18.9 Å². The van der Waals surface area contributed by atoms with Gasteiger partial charge < -0.3 is 19.5 Å². The molecule has 1 aliphatic rings. The molecule has 11 nitrogen and oxygen atoms in total. The van der Waals surface area contributed by atoms with Crippen LogP contribution in [-0.2, 0) is 19.1 Å². The molecular formula is C29H23ClFN3O8. The zero-order valence-corrected chi connectivity index (χ0v) is 23.0. The number of hydrogen-bond donors (Lipinski definition) is 2. The number of halogens is 2. The molecule has 5 amide bonds. The Morgan fingerprint density at radius 3 is 2.36 bits per heavy atom. The molecule has 0 aliphatic carbocycles. The molecule has 0 aromatic heterocycles. The number of anilines is 2. The maximum Gasteiger partial charge on any atom is 0.337 e. The number of hydrogen-bond acceptors (Lipinski definition) is 8. The standard InChI is InChI=1S/C29H23ClFN3O8/c1-3-41-23-14-16(13-22(30)25(23)42-15-24(35)32-19-8-6-18(31)7-9-19)12-21-26(36)33-29(39)34(27(21)37)20-10-4-17(5-11-20)28(38)40-2/h4-14H,3,15H2,1-2H3,(H,32,35)(H,33,36,39)/b21-12-. The van der Waals surface area contributed by atoms with Gasteiger partial charge in [0, 0.05) is 5.69 Å². The lowest BCUT2D eigenvalue weighted by atomic mass is 10.1. The molecular weight excluding hydrogens is 573 g/mol. The van der Waals surface area contributed by atoms with Crippen LogP contribution in [0.3, 0.4) is 0 Å². The Kier molecular flexibility index (Phi) is 9.18. The lowest BCUT2D eigenvalue weighted by molar-refractivity contribution is -0.122. The van der Waals surface area contributed by atoms with Crippen molar-refractivity contribution < 1.29 is 42.6 Å². The topological polar surface area (TPSA) is 140 Å². The van der Waals surface area contributed by atoms with Gasteiger partial charge in [0.2, 0.25) is 0 Å². The molecule has 42 heavy (non-hydrogen) atoms. The maximum atomic E-state index is 13.3. The second kappa shape index (κ2) is 13.0. The summed E-state index contributed by atoms with van der Waals surface area (Å²) < 4.78 is 29.0. The number of methoxy groups -OCH3 is 1. The third-order valence-corrected chi connectivity index (χ3v) is 6.05. The fourth-order valence-electron chi connectivity index (χ4n) is 3.87. The van der Waals surface area contributed by atoms with Gasteiger partial charge in [0.1, 0.15) is 11.4 Å². The van der Waals surface area contributed by atoms with Gasteiger partial charge in [0.25, 0.3) is 17.7 Å². The fraction of sp³-hybridized carbons (Fsp3) is 0.138. The highest BCUT2D eigenvalue weighted by molar-refractivity contribution is 6.39. The van der Waals surface area contributed by atoms with Crippen molar-refractivity contribution in [3.05, 3.63) is 88.2 Å². The van der Waals surface area contributed by atoms with Crippen molar-refractivity contribution in [3.8, 4) is 11.5 Å². The van der Waals surface area contributed by atoms with E-state index in [1.165, 1.54) is 73.8 Å². The first-order valence-electron chi connectivity index (χ1n) is 12.4. The van der Waals surface area contributed by atoms with E-state index in [2.05, 4.69) is 15.4 Å². The molecule has 0 atom stereocenters. The van der Waals surface area contributed by atoms with Crippen molar-refractivity contribution in [1.82, 2.24) is 5.32 Å². The third-order valence-electron chi connectivity index (χ3n) is 5.77. The molecule has 216 valence electrons. The number of urea groups is 1. The molecule has 4 rings (SSSR count). The van der Waals surface area contributed by atoms with E-state index in [0.29, 0.717) is 5.69 Å². The molecule has 0 spiro atoms. The number of nitrogens with zero attached hydrogens (tertiary/aromatic N) is 1. The number of rotatable bonds is 9. The van der Waals surface area contributed by atoms with Gasteiger partial charge >= 0.3 is 12.0 Å². The van der Waals surface area contributed by atoms with Crippen LogP contribution < -0.4 is 25.0 Å². The van der Waals surface area contributed by atoms with Gasteiger partial charge in [-0.05, 0) is 79.2 Å². The van der Waals surface area contributed by atoms with Crippen LogP contribution in [0.5, 0.6) is 11.5 Å². The van der Waals surface area contributed by atoms with Crippen molar-refractivity contribution >= 4 is 58.8 Å². The van der Waals surface area contributed by atoms with Crippen LogP contribution in [0.15, 0.2) is 66.2 Å². The Labute approximate surface area is 243 Å². The number of amides is 5. The van der Waals surface area contributed by atoms with E-state index in [-0.39, 0.29) is 45.5 Å². The zero-order chi connectivity index (χ0) is 30.4. The van der Waals surface area contributed by atoms with Crippen molar-refractivity contribution in [2.75, 3.05) is 30.5 Å². The van der Waals surface area contributed by atoms with Crippen LogP contribution in [0.25, 0.3) is 6.08 Å². The van der Waals surface area contributed by atoms with E-state index < -0.39 is 42.1 Å². The summed E-state index contributed by atoms with van der Waals surface area (Å²) in [4.78, 5) is 63.2. The highest BCUT2D eigenvalue weighted by Gasteiger charge is 2.37. The minimum absolute atomic E-state index is 0.0115. The molecule has 0 bridgehead atoms. The SMILES string of the molecule is CCOc1cc(/C=C2/C(=O)NC(=O)N(c3ccc(C(=O)OC)cc3)C2=O)cc(Cl)c1OCC(=O)Nc1ccc(F)cc1. The number of imide groups is 2. The van der Waals surface area contributed by atoms with Crippen LogP contribution >= 0.6 is 11.6 Å². The Bertz CT molecular complexity index is 1590. The molecule has 3 aromatic carbocycles. The average molecular weight is 596 g/mol. The van der Waals surface area contributed by atoms with Crippen LogP contribution in [-0.4, -0.2) is 50.0 Å². The number of barbiturate groups is 1. The molecule has 1 saturated heterocycles. The van der Waals surface area contributed by atoms with Gasteiger partial charge in [-0.3, -0.25) is 19.7 Å². The normalized spacial score (nSPS) is 14.0. The van der Waals surface area contributed by atoms with Gasteiger partial charge in [-0.2, -0.15) is 0 Å². The summed E-state index contributed by atoms with van der Waals surface area (Å²) in [6.45, 7) is 1.44. The molecule has 2 N–H and O–H groups in total. The highest BCUT2D eigenvalue weighted by Crippen LogP contribution is 2.37. The first kappa shape index (κ1) is 29.7. The number of ether oxygens (including phenoxy) is 3. The van der Waals surface area contributed by atoms with E-state index in [1.807, 2.05) is 0 Å². The van der Waals surface area contributed by atoms with Gasteiger partial charge in [-0.1, -0.05) is 11.6 Å². The summed E-state index contributed by atoms with van der Waals surface area (Å²) in [6.07, 6.45) is 1.22. The van der Waals surface area contributed by atoms with Gasteiger partial charge in [-0.15, -0.1) is 0 Å². The van der Waals surface area contributed by atoms with Crippen molar-refractivity contribution in [2.45, 2.75) is 6.92 Å². The minimum Gasteiger partial charge on any atom is -0.490 e. The Morgan fingerprint density at radius 2 is 1.71 bits per heavy atom. The molecule has 1 heterocycles. The summed E-state index contributed by atoms with van der Waals surface area (Å²) in [6, 6.07) is 12.5. The van der Waals surface area contributed by atoms with Gasteiger partial charge in [0.15, 0.2) is 18.1 Å². The number of benzene rings is 3. The summed E-state index contributed by atoms with van der Waals surface area (Å²) >= 11 is 6.43. The molecule has 1 fully saturated rings. The zero-order valence-electron chi connectivity index (χ0n) is 22.2. The number of esters is 1. The monoisotopic (exact) mass is 595 g/mol. The van der Waals surface area contributed by atoms with E-state index in [1.54, 1.807) is 6.92 Å². The molecule has 0 saturated carbocycles. The number of nitrogens with one attached hydrogen (secondary N) is 2. The second-order valence-electron chi connectivity index (χ2n) is 8.60. The molecule has 1 aliphatic heterocycles. The summed E-state index contributed by atoms with van der Waals surface area (Å²) in [5, 5.41) is 4.68. The summed E-state index contributed by atoms with van der Waals surface area (Å²) in [5.74, 6) is -3.28. The van der Waals surface area contributed by atoms with E-state index in [0.717, 1.165) is 4.90 Å². The first-order valence-corrected chi connectivity index (χ1v) is 12.7.